The highest BCUT2D eigenvalue weighted by molar-refractivity contribution is 5.82. The molecule has 1 rings (SSSR count). The number of aldehydes is 1. The third-order valence-electron chi connectivity index (χ3n) is 1.42. The summed E-state index contributed by atoms with van der Waals surface area (Å²) in [5, 5.41) is 8.97. The molecule has 2 heteroatoms. The van der Waals surface area contributed by atoms with E-state index in [0.717, 1.165) is 5.56 Å². The van der Waals surface area contributed by atoms with E-state index in [2.05, 4.69) is 6.58 Å². The van der Waals surface area contributed by atoms with Crippen molar-refractivity contribution < 1.29 is 9.90 Å². The largest absolute Gasteiger partial charge is 0.508 e. The molecule has 0 aliphatic heterocycles. The molecule has 1 N–H and O–H groups in total. The number of benzene rings is 1. The lowest BCUT2D eigenvalue weighted by Gasteiger charge is -1.97. The van der Waals surface area contributed by atoms with E-state index in [9.17, 15) is 4.79 Å². The molecule has 0 atom stereocenters. The molecular weight excluding hydrogens is 140 g/mol. The van der Waals surface area contributed by atoms with Crippen LogP contribution in [0, 0.1) is 0 Å². The van der Waals surface area contributed by atoms with Crippen molar-refractivity contribution in [2.75, 3.05) is 0 Å². The summed E-state index contributed by atoms with van der Waals surface area (Å²) in [6.45, 7) is 3.53. The van der Waals surface area contributed by atoms with Crippen LogP contribution in [0.15, 0.2) is 24.8 Å². The van der Waals surface area contributed by atoms with E-state index in [1.165, 1.54) is 12.1 Å². The van der Waals surface area contributed by atoms with Crippen molar-refractivity contribution in [2.45, 2.75) is 0 Å². The summed E-state index contributed by atoms with van der Waals surface area (Å²) in [4.78, 5) is 10.4. The van der Waals surface area contributed by atoms with Crippen molar-refractivity contribution in [1.82, 2.24) is 0 Å². The molecule has 0 heterocycles. The van der Waals surface area contributed by atoms with Gasteiger partial charge in [-0.25, -0.2) is 0 Å². The molecule has 1 aromatic rings. The molecule has 2 nitrogen and oxygen atoms in total. The second kappa shape index (κ2) is 3.01. The van der Waals surface area contributed by atoms with E-state index in [0.29, 0.717) is 11.8 Å². The van der Waals surface area contributed by atoms with E-state index in [4.69, 9.17) is 5.11 Å². The number of hydrogen-bond acceptors (Lipinski definition) is 2. The molecule has 56 valence electrons. The minimum atomic E-state index is 0.0951. The number of carbonyl (C=O) groups is 1. The number of aromatic hydroxyl groups is 1. The van der Waals surface area contributed by atoms with E-state index in [1.807, 2.05) is 0 Å². The van der Waals surface area contributed by atoms with Crippen LogP contribution in [0.1, 0.15) is 15.9 Å². The Kier molecular flexibility index (Phi) is 2.06. The van der Waals surface area contributed by atoms with Crippen LogP contribution < -0.4 is 0 Å². The summed E-state index contributed by atoms with van der Waals surface area (Å²) >= 11 is 0. The van der Waals surface area contributed by atoms with Crippen molar-refractivity contribution in [3.05, 3.63) is 35.9 Å². The van der Waals surface area contributed by atoms with Crippen molar-refractivity contribution in [3.63, 3.8) is 0 Å². The third-order valence-corrected chi connectivity index (χ3v) is 1.42. The Bertz CT molecular complexity index is 290. The van der Waals surface area contributed by atoms with E-state index in [-0.39, 0.29) is 5.75 Å². The SMILES string of the molecule is C=Cc1ccc(O)cc1C=O. The molecular formula is C9H8O2. The van der Waals surface area contributed by atoms with Crippen molar-refractivity contribution >= 4 is 12.4 Å². The standard InChI is InChI=1S/C9H8O2/c1-2-7-3-4-9(11)5-8(7)6-10/h2-6,11H,1H2. The molecule has 0 aliphatic rings. The summed E-state index contributed by atoms with van der Waals surface area (Å²) < 4.78 is 0. The molecule has 0 unspecified atom stereocenters. The second-order valence-corrected chi connectivity index (χ2v) is 2.14. The lowest BCUT2D eigenvalue weighted by atomic mass is 10.1. The fourth-order valence-corrected chi connectivity index (χ4v) is 0.850. The highest BCUT2D eigenvalue weighted by atomic mass is 16.3. The van der Waals surface area contributed by atoms with E-state index in [1.54, 1.807) is 12.1 Å². The first-order valence-electron chi connectivity index (χ1n) is 3.18. The predicted molar refractivity (Wildman–Crippen MR) is 43.6 cm³/mol. The van der Waals surface area contributed by atoms with Gasteiger partial charge < -0.3 is 5.11 Å². The van der Waals surface area contributed by atoms with Gasteiger partial charge in [-0.1, -0.05) is 18.7 Å². The lowest BCUT2D eigenvalue weighted by Crippen LogP contribution is -1.83. The fraction of sp³-hybridized carbons (Fsp3) is 0. The van der Waals surface area contributed by atoms with Gasteiger partial charge >= 0.3 is 0 Å². The van der Waals surface area contributed by atoms with Crippen LogP contribution in [0.3, 0.4) is 0 Å². The van der Waals surface area contributed by atoms with Gasteiger partial charge in [0.1, 0.15) is 5.75 Å². The fourth-order valence-electron chi connectivity index (χ4n) is 0.850. The summed E-state index contributed by atoms with van der Waals surface area (Å²) in [6.07, 6.45) is 2.26. The quantitative estimate of drug-likeness (QED) is 0.650. The van der Waals surface area contributed by atoms with Gasteiger partial charge in [0.05, 0.1) is 0 Å². The number of rotatable bonds is 2. The first-order chi connectivity index (χ1) is 5.27. The zero-order chi connectivity index (χ0) is 8.27. The summed E-state index contributed by atoms with van der Waals surface area (Å²) in [5.74, 6) is 0.0951. The van der Waals surface area contributed by atoms with Gasteiger partial charge in [0.25, 0.3) is 0 Å². The van der Waals surface area contributed by atoms with Crippen LogP contribution in [-0.4, -0.2) is 11.4 Å². The monoisotopic (exact) mass is 148 g/mol. The van der Waals surface area contributed by atoms with Gasteiger partial charge in [-0.3, -0.25) is 4.79 Å². The van der Waals surface area contributed by atoms with Crippen LogP contribution in [0.25, 0.3) is 6.08 Å². The highest BCUT2D eigenvalue weighted by Gasteiger charge is 1.97. The van der Waals surface area contributed by atoms with Gasteiger partial charge in [-0.15, -0.1) is 0 Å². The maximum Gasteiger partial charge on any atom is 0.150 e. The molecule has 0 saturated carbocycles. The molecule has 11 heavy (non-hydrogen) atoms. The maximum atomic E-state index is 10.4. The van der Waals surface area contributed by atoms with Crippen molar-refractivity contribution in [1.29, 1.82) is 0 Å². The minimum absolute atomic E-state index is 0.0951. The highest BCUT2D eigenvalue weighted by Crippen LogP contribution is 2.15. The first-order valence-corrected chi connectivity index (χ1v) is 3.18. The van der Waals surface area contributed by atoms with Gasteiger partial charge in [-0.2, -0.15) is 0 Å². The summed E-state index contributed by atoms with van der Waals surface area (Å²) in [5.41, 5.74) is 1.19. The van der Waals surface area contributed by atoms with Crippen LogP contribution in [0.4, 0.5) is 0 Å². The lowest BCUT2D eigenvalue weighted by molar-refractivity contribution is 0.112. The Balaban J connectivity index is 3.26. The Morgan fingerprint density at radius 1 is 1.36 bits per heavy atom. The normalized spacial score (nSPS) is 9.09. The molecule has 0 saturated heterocycles. The zero-order valence-electron chi connectivity index (χ0n) is 5.95. The number of phenolic OH excluding ortho intramolecular Hbond substituents is 1. The molecule has 0 bridgehead atoms. The topological polar surface area (TPSA) is 37.3 Å². The molecule has 0 amide bonds. The summed E-state index contributed by atoms with van der Waals surface area (Å²) in [6, 6.07) is 4.57. The Labute approximate surface area is 64.8 Å². The number of carbonyl (C=O) groups excluding carboxylic acids is 1. The van der Waals surface area contributed by atoms with Crippen LogP contribution in [-0.2, 0) is 0 Å². The molecule has 0 spiro atoms. The van der Waals surface area contributed by atoms with Crippen molar-refractivity contribution in [3.8, 4) is 5.75 Å². The van der Waals surface area contributed by atoms with Gasteiger partial charge in [0.2, 0.25) is 0 Å². The summed E-state index contributed by atoms with van der Waals surface area (Å²) in [7, 11) is 0. The van der Waals surface area contributed by atoms with Crippen LogP contribution in [0.5, 0.6) is 5.75 Å². The molecule has 0 aliphatic carbocycles. The Hall–Kier alpha value is -1.57. The van der Waals surface area contributed by atoms with Gasteiger partial charge in [0, 0.05) is 5.56 Å². The van der Waals surface area contributed by atoms with Crippen molar-refractivity contribution in [2.24, 2.45) is 0 Å². The second-order valence-electron chi connectivity index (χ2n) is 2.14. The van der Waals surface area contributed by atoms with Gasteiger partial charge in [0.15, 0.2) is 6.29 Å². The maximum absolute atomic E-state index is 10.4. The predicted octanol–water partition coefficient (Wildman–Crippen LogP) is 1.85. The average Bonchev–Trinajstić information content (AvgIpc) is 2.04. The Morgan fingerprint density at radius 2 is 2.09 bits per heavy atom. The third kappa shape index (κ3) is 1.46. The van der Waals surface area contributed by atoms with Crippen LogP contribution >= 0.6 is 0 Å². The number of phenols is 1. The average molecular weight is 148 g/mol. The van der Waals surface area contributed by atoms with E-state index < -0.39 is 0 Å². The first kappa shape index (κ1) is 7.54. The molecule has 0 radical (unpaired) electrons. The molecule has 0 fully saturated rings. The smallest absolute Gasteiger partial charge is 0.150 e. The molecule has 0 aromatic heterocycles. The van der Waals surface area contributed by atoms with E-state index >= 15 is 0 Å². The van der Waals surface area contributed by atoms with Gasteiger partial charge in [-0.05, 0) is 17.7 Å². The molecule has 1 aromatic carbocycles. The number of hydrogen-bond donors (Lipinski definition) is 1. The zero-order valence-corrected chi connectivity index (χ0v) is 5.95. The minimum Gasteiger partial charge on any atom is -0.508 e. The van der Waals surface area contributed by atoms with Crippen LogP contribution in [0.2, 0.25) is 0 Å². The Morgan fingerprint density at radius 3 is 2.64 bits per heavy atom.